The molecule has 0 bridgehead atoms. The molecule has 0 fully saturated rings. The topological polar surface area (TPSA) is 536 Å². The summed E-state index contributed by atoms with van der Waals surface area (Å²) < 4.78 is 0. The Labute approximate surface area is 513 Å². The third-order valence-corrected chi connectivity index (χ3v) is 14.0. The van der Waals surface area contributed by atoms with Crippen LogP contribution < -0.4 is 76.5 Å². The van der Waals surface area contributed by atoms with Crippen LogP contribution in [0.2, 0.25) is 0 Å². The second-order valence-electron chi connectivity index (χ2n) is 22.7. The van der Waals surface area contributed by atoms with Gasteiger partial charge in [-0.1, -0.05) is 60.1 Å². The Morgan fingerprint density at radius 3 is 1.42 bits per heavy atom. The summed E-state index contributed by atoms with van der Waals surface area (Å²) >= 11 is 0. The summed E-state index contributed by atoms with van der Waals surface area (Å²) in [5.41, 5.74) is 28.4. The van der Waals surface area contributed by atoms with E-state index in [9.17, 15) is 78.0 Å². The number of nitrogens with one attached hydrogen (secondary N) is 9. The number of aromatic hydroxyl groups is 1. The van der Waals surface area contributed by atoms with E-state index in [2.05, 4.69) is 52.8 Å². The summed E-state index contributed by atoms with van der Waals surface area (Å²) in [6, 6.07) is -8.54. The van der Waals surface area contributed by atoms with Crippen LogP contribution in [-0.2, 0) is 64.0 Å². The number of nitrogens with zero attached hydrogens (tertiary/aromatic N) is 1. The molecule has 0 saturated heterocycles. The zero-order valence-electron chi connectivity index (χ0n) is 51.6. The van der Waals surface area contributed by atoms with Gasteiger partial charge in [-0.2, -0.15) is 0 Å². The minimum atomic E-state index is -1.89. The molecule has 31 heteroatoms. The molecule has 1 aromatic rings. The number of nitrogens with two attached hydrogens (primary N) is 5. The van der Waals surface area contributed by atoms with Crippen molar-refractivity contribution in [1.82, 2.24) is 47.9 Å². The Morgan fingerprint density at radius 2 is 0.932 bits per heavy atom. The van der Waals surface area contributed by atoms with Gasteiger partial charge in [0.1, 0.15) is 60.1 Å². The molecule has 0 radical (unpaired) electrons. The zero-order valence-corrected chi connectivity index (χ0v) is 51.6. The van der Waals surface area contributed by atoms with Gasteiger partial charge in [0.15, 0.2) is 5.96 Å². The molecule has 0 aliphatic carbocycles. The van der Waals surface area contributed by atoms with E-state index < -0.39 is 157 Å². The number of carboxylic acid groups (broad SMARTS) is 3. The van der Waals surface area contributed by atoms with E-state index in [1.807, 2.05) is 0 Å². The van der Waals surface area contributed by atoms with Crippen molar-refractivity contribution in [2.24, 2.45) is 51.4 Å². The van der Waals surface area contributed by atoms with Crippen LogP contribution in [0.5, 0.6) is 5.75 Å². The largest absolute Gasteiger partial charge is 0.508 e. The smallest absolute Gasteiger partial charge is 0.326 e. The van der Waals surface area contributed by atoms with Gasteiger partial charge in [0, 0.05) is 19.4 Å². The number of amides is 9. The summed E-state index contributed by atoms with van der Waals surface area (Å²) in [4.78, 5) is 165. The first-order valence-electron chi connectivity index (χ1n) is 29.7. The second-order valence-corrected chi connectivity index (χ2v) is 22.7. The molecule has 23 N–H and O–H groups in total. The van der Waals surface area contributed by atoms with Crippen LogP contribution in [0.3, 0.4) is 0 Å². The molecular weight excluding hydrogens is 1150 g/mol. The molecule has 9 amide bonds. The fraction of sp³-hybridized carbons (Fsp3) is 0.667. The summed E-state index contributed by atoms with van der Waals surface area (Å²) in [5, 5.41) is 61.8. The normalized spacial score (nSPS) is 14.9. The fourth-order valence-corrected chi connectivity index (χ4v) is 8.83. The average molecular weight is 1250 g/mol. The minimum absolute atomic E-state index is 0.0426. The SMILES string of the molecule is CC[C@H](C)[C@H](NC(=O)[C@H](CC(C)C)NC(=O)[C@H](CC(=O)O)NC(=O)[C@H](CCC(=O)O)NC(=O)[C@@H](N)CCCN=C(N)N)C(=O)N[C@@H](C)C(=O)N[C@@H](Cc1ccc(O)cc1)C(=O)N[C@@H](CC(C)C)C(=O)N[C@@H](CCCCN)C(=O)N[C@@H](CCCCN)C(=O)O. The maximum Gasteiger partial charge on any atom is 0.326 e. The highest BCUT2D eigenvalue weighted by atomic mass is 16.4. The molecular formula is C57H97N15O16. The van der Waals surface area contributed by atoms with Crippen LogP contribution in [0.1, 0.15) is 144 Å². The van der Waals surface area contributed by atoms with Gasteiger partial charge in [-0.3, -0.25) is 57.7 Å². The van der Waals surface area contributed by atoms with Gasteiger partial charge in [-0.15, -0.1) is 0 Å². The molecule has 496 valence electrons. The number of rotatable bonds is 44. The molecule has 1 aromatic carbocycles. The lowest BCUT2D eigenvalue weighted by molar-refractivity contribution is -0.143. The third-order valence-electron chi connectivity index (χ3n) is 14.0. The van der Waals surface area contributed by atoms with Crippen LogP contribution >= 0.6 is 0 Å². The number of phenolic OH excluding ortho intramolecular Hbond substituents is 1. The molecule has 0 aliphatic rings. The van der Waals surface area contributed by atoms with E-state index in [4.69, 9.17) is 28.7 Å². The first-order chi connectivity index (χ1) is 41.3. The molecule has 0 aromatic heterocycles. The summed E-state index contributed by atoms with van der Waals surface area (Å²) in [5.74, 6) is -13.9. The average Bonchev–Trinajstić information content (AvgIpc) is 3.65. The van der Waals surface area contributed by atoms with Gasteiger partial charge >= 0.3 is 17.9 Å². The van der Waals surface area contributed by atoms with Gasteiger partial charge in [0.2, 0.25) is 53.2 Å². The number of unbranched alkanes of at least 4 members (excludes halogenated alkanes) is 2. The van der Waals surface area contributed by atoms with Crippen molar-refractivity contribution < 1.29 is 78.0 Å². The second kappa shape index (κ2) is 41.1. The summed E-state index contributed by atoms with van der Waals surface area (Å²) in [6.45, 7) is 12.3. The molecule has 0 spiro atoms. The number of aliphatic carboxylic acids is 3. The van der Waals surface area contributed by atoms with Crippen LogP contribution in [0, 0.1) is 17.8 Å². The van der Waals surface area contributed by atoms with Crippen molar-refractivity contribution in [2.75, 3.05) is 19.6 Å². The standard InChI is InChI=1S/C57H97N15O16/c1-8-32(6)46(72-54(85)41(27-31(4)5)70-53(84)43(29-45(76)77)71-50(81)38(21-22-44(74)75)65-48(79)36(60)14-13-25-63-57(61)62)55(86)64-33(7)47(78)68-42(28-34-17-19-35(73)20-18-34)52(83)69-40(26-30(2)3)51(82)66-37(15-9-11-23-58)49(80)67-39(56(87)88)16-10-12-24-59/h17-20,30-33,36-43,46,73H,8-16,21-29,58-60H2,1-7H3,(H,64,86)(H,65,79)(H,66,82)(H,67,80)(H,68,78)(H,69,83)(H,70,84)(H,71,81)(H,72,85)(H,74,75)(H,76,77)(H,87,88)(H4,61,62,63)/t32-,33-,36-,37-,38-,39-,40-,41-,42-,43-,46-/m0/s1. The number of benzene rings is 1. The van der Waals surface area contributed by atoms with E-state index in [1.54, 1.807) is 41.5 Å². The van der Waals surface area contributed by atoms with Crippen LogP contribution in [0.15, 0.2) is 29.3 Å². The van der Waals surface area contributed by atoms with Gasteiger partial charge in [-0.05, 0) is 126 Å². The molecule has 0 heterocycles. The summed E-state index contributed by atoms with van der Waals surface area (Å²) in [6.07, 6.45) is 0.118. The van der Waals surface area contributed by atoms with E-state index in [1.165, 1.54) is 31.2 Å². The lowest BCUT2D eigenvalue weighted by Gasteiger charge is -2.29. The number of hydrogen-bond acceptors (Lipinski definition) is 17. The van der Waals surface area contributed by atoms with Gasteiger partial charge in [0.25, 0.3) is 0 Å². The maximum absolute atomic E-state index is 14.4. The molecule has 1 rings (SSSR count). The number of hydrogen-bond donors (Lipinski definition) is 18. The van der Waals surface area contributed by atoms with E-state index >= 15 is 0 Å². The Morgan fingerprint density at radius 1 is 0.489 bits per heavy atom. The third kappa shape index (κ3) is 30.9. The number of carboxylic acids is 3. The predicted molar refractivity (Wildman–Crippen MR) is 324 cm³/mol. The van der Waals surface area contributed by atoms with E-state index in [0.717, 1.165) is 0 Å². The van der Waals surface area contributed by atoms with Crippen molar-refractivity contribution in [3.63, 3.8) is 0 Å². The molecule has 11 atom stereocenters. The number of guanidine groups is 1. The van der Waals surface area contributed by atoms with Crippen molar-refractivity contribution in [3.05, 3.63) is 29.8 Å². The lowest BCUT2D eigenvalue weighted by Crippen LogP contribution is -2.61. The highest BCUT2D eigenvalue weighted by Gasteiger charge is 2.37. The van der Waals surface area contributed by atoms with Gasteiger partial charge in [0.05, 0.1) is 12.5 Å². The fourth-order valence-electron chi connectivity index (χ4n) is 8.83. The highest BCUT2D eigenvalue weighted by molar-refractivity contribution is 5.99. The number of carbonyl (C=O) groups excluding carboxylic acids is 9. The monoisotopic (exact) mass is 1250 g/mol. The molecule has 0 saturated carbocycles. The van der Waals surface area contributed by atoms with E-state index in [0.29, 0.717) is 37.8 Å². The minimum Gasteiger partial charge on any atom is -0.508 e. The van der Waals surface area contributed by atoms with Gasteiger partial charge in [-0.25, -0.2) is 4.79 Å². The first-order valence-corrected chi connectivity index (χ1v) is 29.7. The van der Waals surface area contributed by atoms with Crippen molar-refractivity contribution in [1.29, 1.82) is 0 Å². The van der Waals surface area contributed by atoms with Crippen LogP contribution in [0.25, 0.3) is 0 Å². The Bertz CT molecular complexity index is 2500. The molecule has 0 unspecified atom stereocenters. The molecule has 0 aliphatic heterocycles. The Hall–Kier alpha value is -8.19. The zero-order chi connectivity index (χ0) is 66.8. The molecule has 31 nitrogen and oxygen atoms in total. The van der Waals surface area contributed by atoms with Crippen molar-refractivity contribution in [2.45, 2.75) is 205 Å². The highest BCUT2D eigenvalue weighted by Crippen LogP contribution is 2.16. The first kappa shape index (κ1) is 77.8. The molecule has 88 heavy (non-hydrogen) atoms. The predicted octanol–water partition coefficient (Wildman–Crippen LogP) is -2.48. The number of phenols is 1. The Balaban J connectivity index is 3.51. The number of carbonyl (C=O) groups is 12. The number of aliphatic imine (C=N–C) groups is 1. The van der Waals surface area contributed by atoms with E-state index in [-0.39, 0.29) is 88.0 Å². The van der Waals surface area contributed by atoms with Crippen molar-refractivity contribution in [3.8, 4) is 5.75 Å². The summed E-state index contributed by atoms with van der Waals surface area (Å²) in [7, 11) is 0. The van der Waals surface area contributed by atoms with Crippen LogP contribution in [-0.4, -0.2) is 178 Å². The quantitative estimate of drug-likeness (QED) is 0.0183. The lowest BCUT2D eigenvalue weighted by atomic mass is 9.96. The van der Waals surface area contributed by atoms with Crippen molar-refractivity contribution >= 4 is 77.0 Å². The Kier molecular flexibility index (Phi) is 36.3. The van der Waals surface area contributed by atoms with Crippen LogP contribution in [0.4, 0.5) is 0 Å². The van der Waals surface area contributed by atoms with Gasteiger partial charge < -0.3 is 96.9 Å². The maximum atomic E-state index is 14.4.